The Morgan fingerprint density at radius 2 is 2.18 bits per heavy atom. The first kappa shape index (κ1) is 11.9. The minimum absolute atomic E-state index is 0.138. The summed E-state index contributed by atoms with van der Waals surface area (Å²) in [6.07, 6.45) is 1.19. The van der Waals surface area contributed by atoms with Crippen molar-refractivity contribution in [3.8, 4) is 0 Å². The topological polar surface area (TPSA) is 58.4 Å². The fraction of sp³-hybridized carbons (Fsp3) is 0. The molecule has 0 unspecified atom stereocenters. The quantitative estimate of drug-likeness (QED) is 0.761. The lowest BCUT2D eigenvalue weighted by atomic mass is 10.2. The third-order valence-corrected chi connectivity index (χ3v) is 2.90. The molecule has 0 atom stereocenters. The van der Waals surface area contributed by atoms with E-state index in [-0.39, 0.29) is 23.2 Å². The Labute approximate surface area is 111 Å². The Bertz CT molecular complexity index is 542. The van der Waals surface area contributed by atoms with Gasteiger partial charge in [0.1, 0.15) is 17.5 Å². The molecule has 3 N–H and O–H groups in total. The van der Waals surface area contributed by atoms with Crippen molar-refractivity contribution in [2.75, 3.05) is 4.90 Å². The van der Waals surface area contributed by atoms with Crippen LogP contribution in [0.4, 0.5) is 10.1 Å². The number of hydrogen-bond acceptors (Lipinski definition) is 3. The molecule has 0 fully saturated rings. The van der Waals surface area contributed by atoms with Gasteiger partial charge in [-0.2, -0.15) is 0 Å². The number of nitrogens with one attached hydrogen (secondary N) is 1. The van der Waals surface area contributed by atoms with E-state index in [1.807, 2.05) is 22.6 Å². The van der Waals surface area contributed by atoms with Crippen LogP contribution in [-0.4, -0.2) is 5.91 Å². The number of carbonyl (C=O) groups is 1. The molecule has 4 nitrogen and oxygen atoms in total. The van der Waals surface area contributed by atoms with Crippen molar-refractivity contribution >= 4 is 34.2 Å². The zero-order valence-electron chi connectivity index (χ0n) is 8.71. The molecule has 0 aromatic heterocycles. The zero-order valence-corrected chi connectivity index (χ0v) is 10.9. The number of carbonyl (C=O) groups excluding carboxylic acids is 1. The maximum atomic E-state index is 13.8. The Hall–Kier alpha value is -1.57. The van der Waals surface area contributed by atoms with Gasteiger partial charge in [-0.05, 0) is 40.8 Å². The van der Waals surface area contributed by atoms with Crippen molar-refractivity contribution in [1.29, 1.82) is 0 Å². The van der Waals surface area contributed by atoms with Gasteiger partial charge >= 0.3 is 0 Å². The predicted octanol–water partition coefficient (Wildman–Crippen LogP) is 1.64. The van der Waals surface area contributed by atoms with Crippen LogP contribution in [0, 0.1) is 9.39 Å². The first-order chi connectivity index (χ1) is 7.99. The normalized spacial score (nSPS) is 15.6. The highest BCUT2D eigenvalue weighted by Gasteiger charge is 2.22. The van der Waals surface area contributed by atoms with Crippen LogP contribution < -0.4 is 16.0 Å². The lowest BCUT2D eigenvalue weighted by Crippen LogP contribution is -2.41. The number of anilines is 1. The van der Waals surface area contributed by atoms with Gasteiger partial charge in [0.15, 0.2) is 0 Å². The van der Waals surface area contributed by atoms with Crippen molar-refractivity contribution in [2.24, 2.45) is 5.73 Å². The minimum atomic E-state index is -0.425. The van der Waals surface area contributed by atoms with Gasteiger partial charge in [-0.15, -0.1) is 0 Å². The number of hydrogen-bond donors (Lipinski definition) is 2. The van der Waals surface area contributed by atoms with E-state index >= 15 is 0 Å². The summed E-state index contributed by atoms with van der Waals surface area (Å²) in [5, 5.41) is 2.47. The number of halogens is 2. The lowest BCUT2D eigenvalue weighted by Gasteiger charge is -2.30. The molecule has 88 valence electrons. The van der Waals surface area contributed by atoms with Crippen LogP contribution >= 0.6 is 22.6 Å². The van der Waals surface area contributed by atoms with E-state index in [1.165, 1.54) is 17.0 Å². The SMILES string of the molecule is C=C1NC(=O)C=C(N)N1c1ccc(I)cc1F. The van der Waals surface area contributed by atoms with Gasteiger partial charge in [0.05, 0.1) is 5.69 Å². The molecule has 0 saturated carbocycles. The second-order valence-corrected chi connectivity index (χ2v) is 4.68. The Morgan fingerprint density at radius 1 is 1.47 bits per heavy atom. The summed E-state index contributed by atoms with van der Waals surface area (Å²) in [6, 6.07) is 4.71. The lowest BCUT2D eigenvalue weighted by molar-refractivity contribution is -0.116. The molecule has 0 bridgehead atoms. The maximum absolute atomic E-state index is 13.8. The van der Waals surface area contributed by atoms with Gasteiger partial charge in [0.2, 0.25) is 0 Å². The van der Waals surface area contributed by atoms with Crippen LogP contribution in [0.5, 0.6) is 0 Å². The van der Waals surface area contributed by atoms with Crippen LogP contribution in [0.15, 0.2) is 42.5 Å². The fourth-order valence-corrected chi connectivity index (χ4v) is 1.99. The van der Waals surface area contributed by atoms with E-state index in [0.717, 1.165) is 3.57 Å². The molecule has 6 heteroatoms. The fourth-order valence-electron chi connectivity index (χ4n) is 1.54. The minimum Gasteiger partial charge on any atom is -0.385 e. The number of rotatable bonds is 1. The van der Waals surface area contributed by atoms with Gasteiger partial charge in [-0.1, -0.05) is 6.58 Å². The van der Waals surface area contributed by atoms with Crippen molar-refractivity contribution < 1.29 is 9.18 Å². The molecular weight excluding hydrogens is 336 g/mol. The molecule has 0 spiro atoms. The number of nitrogens with zero attached hydrogens (tertiary/aromatic N) is 1. The third-order valence-electron chi connectivity index (χ3n) is 2.23. The summed E-state index contributed by atoms with van der Waals surface area (Å²) in [5.74, 6) is -0.422. The Balaban J connectivity index is 2.49. The Morgan fingerprint density at radius 3 is 2.76 bits per heavy atom. The van der Waals surface area contributed by atoms with Gasteiger partial charge < -0.3 is 11.1 Å². The standard InChI is InChI=1S/C11H9FIN3O/c1-6-15-11(17)5-10(14)16(6)9-3-2-7(13)4-8(9)12/h2-5H,1,14H2,(H,15,17). The first-order valence-electron chi connectivity index (χ1n) is 4.71. The van der Waals surface area contributed by atoms with Crippen LogP contribution in [0.3, 0.4) is 0 Å². The van der Waals surface area contributed by atoms with E-state index in [4.69, 9.17) is 5.73 Å². The van der Waals surface area contributed by atoms with Crippen molar-refractivity contribution in [3.05, 3.63) is 51.9 Å². The molecule has 2 rings (SSSR count). The first-order valence-corrected chi connectivity index (χ1v) is 5.79. The smallest absolute Gasteiger partial charge is 0.253 e. The predicted molar refractivity (Wildman–Crippen MR) is 71.1 cm³/mol. The van der Waals surface area contributed by atoms with E-state index in [1.54, 1.807) is 12.1 Å². The molecule has 1 amide bonds. The third kappa shape index (κ3) is 2.26. The van der Waals surface area contributed by atoms with Gasteiger partial charge in [-0.3, -0.25) is 9.69 Å². The number of amides is 1. The summed E-state index contributed by atoms with van der Waals surface area (Å²) >= 11 is 2.01. The molecule has 1 aromatic rings. The molecule has 0 radical (unpaired) electrons. The molecular formula is C11H9FIN3O. The average Bonchev–Trinajstić information content (AvgIpc) is 2.19. The van der Waals surface area contributed by atoms with E-state index in [9.17, 15) is 9.18 Å². The van der Waals surface area contributed by atoms with Crippen LogP contribution in [0.1, 0.15) is 0 Å². The average molecular weight is 345 g/mol. The zero-order chi connectivity index (χ0) is 12.6. The van der Waals surface area contributed by atoms with Crippen LogP contribution in [-0.2, 0) is 4.79 Å². The highest BCUT2D eigenvalue weighted by molar-refractivity contribution is 14.1. The number of benzene rings is 1. The van der Waals surface area contributed by atoms with E-state index in [0.29, 0.717) is 0 Å². The summed E-state index contributed by atoms with van der Waals surface area (Å²) in [7, 11) is 0. The van der Waals surface area contributed by atoms with E-state index in [2.05, 4.69) is 11.9 Å². The van der Waals surface area contributed by atoms with Crippen molar-refractivity contribution in [3.63, 3.8) is 0 Å². The summed E-state index contributed by atoms with van der Waals surface area (Å²) in [4.78, 5) is 12.5. The highest BCUT2D eigenvalue weighted by Crippen LogP contribution is 2.26. The van der Waals surface area contributed by atoms with E-state index < -0.39 is 5.82 Å². The summed E-state index contributed by atoms with van der Waals surface area (Å²) in [5.41, 5.74) is 5.95. The largest absolute Gasteiger partial charge is 0.385 e. The molecule has 1 aliphatic heterocycles. The summed E-state index contributed by atoms with van der Waals surface area (Å²) in [6.45, 7) is 3.64. The van der Waals surface area contributed by atoms with Gasteiger partial charge in [0, 0.05) is 9.65 Å². The Kier molecular flexibility index (Phi) is 3.05. The second kappa shape index (κ2) is 4.36. The van der Waals surface area contributed by atoms with Crippen LogP contribution in [0.2, 0.25) is 0 Å². The van der Waals surface area contributed by atoms with Gasteiger partial charge in [-0.25, -0.2) is 4.39 Å². The van der Waals surface area contributed by atoms with Crippen molar-refractivity contribution in [2.45, 2.75) is 0 Å². The molecule has 1 heterocycles. The highest BCUT2D eigenvalue weighted by atomic mass is 127. The number of nitrogens with two attached hydrogens (primary N) is 1. The molecule has 1 aliphatic rings. The van der Waals surface area contributed by atoms with Crippen molar-refractivity contribution in [1.82, 2.24) is 5.32 Å². The van der Waals surface area contributed by atoms with Crippen LogP contribution in [0.25, 0.3) is 0 Å². The summed E-state index contributed by atoms with van der Waals surface area (Å²) < 4.78 is 14.6. The second-order valence-electron chi connectivity index (χ2n) is 3.44. The molecule has 1 aromatic carbocycles. The van der Waals surface area contributed by atoms with Gasteiger partial charge in [0.25, 0.3) is 5.91 Å². The maximum Gasteiger partial charge on any atom is 0.253 e. The molecule has 0 aliphatic carbocycles. The molecule has 0 saturated heterocycles. The monoisotopic (exact) mass is 345 g/mol. The molecule has 17 heavy (non-hydrogen) atoms.